The molecular formula is C16H17NO. The van der Waals surface area contributed by atoms with Crippen molar-refractivity contribution in [2.24, 2.45) is 0 Å². The second kappa shape index (κ2) is 5.50. The summed E-state index contributed by atoms with van der Waals surface area (Å²) in [5.41, 5.74) is 3.19. The summed E-state index contributed by atoms with van der Waals surface area (Å²) in [7, 11) is 1.81. The zero-order valence-corrected chi connectivity index (χ0v) is 10.8. The number of anilines is 1. The van der Waals surface area contributed by atoms with Gasteiger partial charge in [0.1, 0.15) is 0 Å². The molecule has 0 saturated heterocycles. The number of nitrogens with zero attached hydrogens (tertiary/aromatic N) is 1. The summed E-state index contributed by atoms with van der Waals surface area (Å²) in [5, 5.41) is 0. The molecule has 0 aliphatic carbocycles. The molecule has 2 aromatic carbocycles. The predicted octanol–water partition coefficient (Wildman–Crippen LogP) is 3.20. The Hall–Kier alpha value is -2.09. The van der Waals surface area contributed by atoms with E-state index in [0.717, 1.165) is 11.3 Å². The number of carbonyl (C=O) groups is 1. The molecule has 2 heteroatoms. The summed E-state index contributed by atoms with van der Waals surface area (Å²) in [5.74, 6) is 0.102. The Labute approximate surface area is 108 Å². The average Bonchev–Trinajstić information content (AvgIpc) is 2.41. The Morgan fingerprint density at radius 3 is 2.22 bits per heavy atom. The van der Waals surface area contributed by atoms with Crippen molar-refractivity contribution in [3.8, 4) is 0 Å². The maximum atomic E-state index is 12.1. The lowest BCUT2D eigenvalue weighted by Gasteiger charge is -2.17. The van der Waals surface area contributed by atoms with Crippen LogP contribution in [0.15, 0.2) is 54.6 Å². The molecule has 0 atom stereocenters. The summed E-state index contributed by atoms with van der Waals surface area (Å²) in [6.07, 6.45) is 0.436. The fourth-order valence-corrected chi connectivity index (χ4v) is 1.79. The van der Waals surface area contributed by atoms with Gasteiger partial charge >= 0.3 is 0 Å². The molecule has 2 rings (SSSR count). The van der Waals surface area contributed by atoms with E-state index in [-0.39, 0.29) is 5.91 Å². The van der Waals surface area contributed by atoms with E-state index in [0.29, 0.717) is 6.42 Å². The molecule has 1 amide bonds. The van der Waals surface area contributed by atoms with Crippen molar-refractivity contribution < 1.29 is 4.79 Å². The Bertz CT molecular complexity index is 517. The van der Waals surface area contributed by atoms with Crippen LogP contribution in [-0.2, 0) is 11.2 Å². The van der Waals surface area contributed by atoms with E-state index in [4.69, 9.17) is 0 Å². The predicted molar refractivity (Wildman–Crippen MR) is 74.7 cm³/mol. The van der Waals surface area contributed by atoms with Crippen LogP contribution in [0.5, 0.6) is 0 Å². The number of carbonyl (C=O) groups excluding carboxylic acids is 1. The van der Waals surface area contributed by atoms with Gasteiger partial charge in [-0.15, -0.1) is 0 Å². The molecule has 18 heavy (non-hydrogen) atoms. The highest BCUT2D eigenvalue weighted by Crippen LogP contribution is 2.13. The second-order valence-electron chi connectivity index (χ2n) is 4.45. The van der Waals surface area contributed by atoms with Crippen LogP contribution in [0.2, 0.25) is 0 Å². The van der Waals surface area contributed by atoms with Crippen molar-refractivity contribution in [3.05, 3.63) is 65.7 Å². The minimum absolute atomic E-state index is 0.102. The zero-order chi connectivity index (χ0) is 13.0. The van der Waals surface area contributed by atoms with Crippen molar-refractivity contribution in [1.82, 2.24) is 0 Å². The Kier molecular flexibility index (Phi) is 3.78. The first-order valence-electron chi connectivity index (χ1n) is 6.04. The summed E-state index contributed by atoms with van der Waals surface area (Å²) >= 11 is 0. The van der Waals surface area contributed by atoms with Crippen molar-refractivity contribution in [2.75, 3.05) is 11.9 Å². The van der Waals surface area contributed by atoms with Crippen LogP contribution in [0.4, 0.5) is 5.69 Å². The Morgan fingerprint density at radius 2 is 1.61 bits per heavy atom. The molecule has 0 radical (unpaired) electrons. The lowest BCUT2D eigenvalue weighted by molar-refractivity contribution is -0.117. The van der Waals surface area contributed by atoms with Gasteiger partial charge in [0.05, 0.1) is 6.42 Å². The zero-order valence-electron chi connectivity index (χ0n) is 10.8. The third-order valence-electron chi connectivity index (χ3n) is 2.99. The fourth-order valence-electron chi connectivity index (χ4n) is 1.79. The van der Waals surface area contributed by atoms with Gasteiger partial charge in [-0.3, -0.25) is 4.79 Å². The van der Waals surface area contributed by atoms with Gasteiger partial charge in [-0.25, -0.2) is 0 Å². The van der Waals surface area contributed by atoms with E-state index in [1.807, 2.05) is 68.6 Å². The van der Waals surface area contributed by atoms with Crippen LogP contribution in [0.3, 0.4) is 0 Å². The number of hydrogen-bond acceptors (Lipinski definition) is 1. The maximum absolute atomic E-state index is 12.1. The summed E-state index contributed by atoms with van der Waals surface area (Å²) in [6, 6.07) is 17.8. The van der Waals surface area contributed by atoms with Crippen LogP contribution in [0.1, 0.15) is 11.1 Å². The highest BCUT2D eigenvalue weighted by Gasteiger charge is 2.10. The van der Waals surface area contributed by atoms with E-state index in [1.165, 1.54) is 5.56 Å². The summed E-state index contributed by atoms with van der Waals surface area (Å²) in [6.45, 7) is 2.04. The van der Waals surface area contributed by atoms with Gasteiger partial charge in [-0.2, -0.15) is 0 Å². The molecule has 0 aromatic heterocycles. The van der Waals surface area contributed by atoms with Gasteiger partial charge in [0.2, 0.25) is 5.91 Å². The first-order chi connectivity index (χ1) is 8.66. The van der Waals surface area contributed by atoms with Crippen LogP contribution >= 0.6 is 0 Å². The normalized spacial score (nSPS) is 10.1. The molecule has 0 fully saturated rings. The molecule has 0 aliphatic heterocycles. The van der Waals surface area contributed by atoms with Gasteiger partial charge in [0.25, 0.3) is 0 Å². The average molecular weight is 239 g/mol. The van der Waals surface area contributed by atoms with E-state index in [9.17, 15) is 4.79 Å². The Balaban J connectivity index is 2.06. The molecule has 0 spiro atoms. The number of para-hydroxylation sites is 1. The molecule has 0 N–H and O–H groups in total. The van der Waals surface area contributed by atoms with Gasteiger partial charge in [0, 0.05) is 12.7 Å². The number of amides is 1. The van der Waals surface area contributed by atoms with Crippen LogP contribution < -0.4 is 4.90 Å². The van der Waals surface area contributed by atoms with E-state index < -0.39 is 0 Å². The molecule has 92 valence electrons. The van der Waals surface area contributed by atoms with Gasteiger partial charge in [0.15, 0.2) is 0 Å². The molecule has 0 bridgehead atoms. The van der Waals surface area contributed by atoms with E-state index in [1.54, 1.807) is 4.90 Å². The second-order valence-corrected chi connectivity index (χ2v) is 4.45. The number of benzene rings is 2. The number of likely N-dealkylation sites (N-methyl/N-ethyl adjacent to an activating group) is 1. The molecular weight excluding hydrogens is 222 g/mol. The molecule has 2 aromatic rings. The van der Waals surface area contributed by atoms with E-state index >= 15 is 0 Å². The fraction of sp³-hybridized carbons (Fsp3) is 0.188. The van der Waals surface area contributed by atoms with Crippen LogP contribution in [0.25, 0.3) is 0 Å². The highest BCUT2D eigenvalue weighted by molar-refractivity contribution is 5.94. The number of rotatable bonds is 3. The standard InChI is InChI=1S/C16H17NO/c1-13-8-10-14(11-9-13)12-16(18)17(2)15-6-4-3-5-7-15/h3-11H,12H2,1-2H3. The molecule has 0 unspecified atom stereocenters. The number of aryl methyl sites for hydroxylation is 1. The SMILES string of the molecule is Cc1ccc(CC(=O)N(C)c2ccccc2)cc1. The van der Waals surface area contributed by atoms with Crippen LogP contribution in [-0.4, -0.2) is 13.0 Å². The first-order valence-corrected chi connectivity index (χ1v) is 6.04. The lowest BCUT2D eigenvalue weighted by atomic mass is 10.1. The largest absolute Gasteiger partial charge is 0.315 e. The van der Waals surface area contributed by atoms with Crippen molar-refractivity contribution in [2.45, 2.75) is 13.3 Å². The molecule has 0 heterocycles. The molecule has 0 saturated carbocycles. The molecule has 2 nitrogen and oxygen atoms in total. The lowest BCUT2D eigenvalue weighted by Crippen LogP contribution is -2.27. The third kappa shape index (κ3) is 2.98. The van der Waals surface area contributed by atoms with Crippen LogP contribution in [0, 0.1) is 6.92 Å². The quantitative estimate of drug-likeness (QED) is 0.805. The Morgan fingerprint density at radius 1 is 1.00 bits per heavy atom. The monoisotopic (exact) mass is 239 g/mol. The molecule has 0 aliphatic rings. The topological polar surface area (TPSA) is 20.3 Å². The minimum atomic E-state index is 0.102. The van der Waals surface area contributed by atoms with E-state index in [2.05, 4.69) is 0 Å². The van der Waals surface area contributed by atoms with Crippen molar-refractivity contribution in [1.29, 1.82) is 0 Å². The highest BCUT2D eigenvalue weighted by atomic mass is 16.2. The minimum Gasteiger partial charge on any atom is -0.315 e. The summed E-state index contributed by atoms with van der Waals surface area (Å²) in [4.78, 5) is 13.8. The maximum Gasteiger partial charge on any atom is 0.231 e. The first kappa shape index (κ1) is 12.4. The van der Waals surface area contributed by atoms with Crippen molar-refractivity contribution >= 4 is 11.6 Å². The van der Waals surface area contributed by atoms with Gasteiger partial charge in [-0.05, 0) is 24.6 Å². The van der Waals surface area contributed by atoms with Gasteiger partial charge in [-0.1, -0.05) is 48.0 Å². The smallest absolute Gasteiger partial charge is 0.231 e. The summed E-state index contributed by atoms with van der Waals surface area (Å²) < 4.78 is 0. The third-order valence-corrected chi connectivity index (χ3v) is 2.99. The van der Waals surface area contributed by atoms with Crippen molar-refractivity contribution in [3.63, 3.8) is 0 Å². The number of hydrogen-bond donors (Lipinski definition) is 0. The van der Waals surface area contributed by atoms with Gasteiger partial charge < -0.3 is 4.90 Å².